The van der Waals surface area contributed by atoms with Gasteiger partial charge in [0.1, 0.15) is 6.54 Å². The van der Waals surface area contributed by atoms with Gasteiger partial charge in [-0.05, 0) is 31.9 Å². The van der Waals surface area contributed by atoms with Crippen molar-refractivity contribution in [2.24, 2.45) is 5.92 Å². The fraction of sp³-hybridized carbons (Fsp3) is 0.571. The molecular weight excluding hydrogens is 342 g/mol. The molecule has 2 aliphatic heterocycles. The Kier molecular flexibility index (Phi) is 4.89. The molecule has 0 bridgehead atoms. The Bertz CT molecular complexity index is 740. The Morgan fingerprint density at radius 2 is 1.70 bits per heavy atom. The smallest absolute Gasteiger partial charge is 0.246 e. The van der Waals surface area contributed by atoms with Crippen molar-refractivity contribution >= 4 is 23.4 Å². The van der Waals surface area contributed by atoms with Gasteiger partial charge in [0.15, 0.2) is 0 Å². The Hall–Kier alpha value is -2.37. The van der Waals surface area contributed by atoms with Gasteiger partial charge in [0.05, 0.1) is 5.92 Å². The van der Waals surface area contributed by atoms with E-state index in [1.54, 1.807) is 9.80 Å². The summed E-state index contributed by atoms with van der Waals surface area (Å²) in [5, 5.41) is 0. The summed E-state index contributed by atoms with van der Waals surface area (Å²) in [6, 6.07) is 8.18. The SMILES string of the molecule is Cc1ccc(N2CCN(C(=O)[C@H]3CC(=O)N(C4CCCC4)C3)CC2=O)cc1. The highest BCUT2D eigenvalue weighted by Crippen LogP contribution is 2.30. The van der Waals surface area contributed by atoms with Crippen LogP contribution in [0.1, 0.15) is 37.7 Å². The van der Waals surface area contributed by atoms with Crippen LogP contribution >= 0.6 is 0 Å². The van der Waals surface area contributed by atoms with E-state index in [4.69, 9.17) is 0 Å². The lowest BCUT2D eigenvalue weighted by Gasteiger charge is -2.35. The van der Waals surface area contributed by atoms with Crippen molar-refractivity contribution in [3.8, 4) is 0 Å². The molecule has 0 radical (unpaired) electrons. The van der Waals surface area contributed by atoms with Crippen molar-refractivity contribution in [3.63, 3.8) is 0 Å². The van der Waals surface area contributed by atoms with Crippen molar-refractivity contribution in [1.82, 2.24) is 9.80 Å². The fourth-order valence-electron chi connectivity index (χ4n) is 4.58. The van der Waals surface area contributed by atoms with Crippen LogP contribution in [0.5, 0.6) is 0 Å². The highest BCUT2D eigenvalue weighted by molar-refractivity contribution is 5.99. The van der Waals surface area contributed by atoms with Gasteiger partial charge < -0.3 is 14.7 Å². The number of aryl methyl sites for hydroxylation is 1. The third-order valence-electron chi connectivity index (χ3n) is 6.15. The van der Waals surface area contributed by atoms with Crippen LogP contribution in [0.2, 0.25) is 0 Å². The number of hydrogen-bond donors (Lipinski definition) is 0. The molecule has 6 nitrogen and oxygen atoms in total. The number of benzene rings is 1. The number of amides is 3. The lowest BCUT2D eigenvalue weighted by Crippen LogP contribution is -2.54. The summed E-state index contributed by atoms with van der Waals surface area (Å²) < 4.78 is 0. The summed E-state index contributed by atoms with van der Waals surface area (Å²) >= 11 is 0. The molecule has 1 aromatic carbocycles. The Morgan fingerprint density at radius 1 is 1.00 bits per heavy atom. The third kappa shape index (κ3) is 3.57. The van der Waals surface area contributed by atoms with E-state index in [0.29, 0.717) is 32.1 Å². The van der Waals surface area contributed by atoms with Crippen LogP contribution in [0, 0.1) is 12.8 Å². The highest BCUT2D eigenvalue weighted by Gasteiger charge is 2.41. The number of piperazine rings is 1. The number of carbonyl (C=O) groups excluding carboxylic acids is 3. The first-order valence-corrected chi connectivity index (χ1v) is 9.98. The van der Waals surface area contributed by atoms with Crippen molar-refractivity contribution < 1.29 is 14.4 Å². The molecule has 3 aliphatic rings. The zero-order valence-corrected chi connectivity index (χ0v) is 15.9. The van der Waals surface area contributed by atoms with Crippen LogP contribution in [-0.2, 0) is 14.4 Å². The van der Waals surface area contributed by atoms with Crippen molar-refractivity contribution in [2.75, 3.05) is 31.1 Å². The second-order valence-electron chi connectivity index (χ2n) is 8.03. The van der Waals surface area contributed by atoms with Crippen LogP contribution in [0.25, 0.3) is 0 Å². The number of hydrogen-bond acceptors (Lipinski definition) is 3. The van der Waals surface area contributed by atoms with Gasteiger partial charge in [-0.1, -0.05) is 30.5 Å². The summed E-state index contributed by atoms with van der Waals surface area (Å²) in [7, 11) is 0. The molecule has 0 aromatic heterocycles. The van der Waals surface area contributed by atoms with Crippen LogP contribution < -0.4 is 4.90 Å². The van der Waals surface area contributed by atoms with Gasteiger partial charge in [0, 0.05) is 37.8 Å². The van der Waals surface area contributed by atoms with E-state index in [1.807, 2.05) is 36.1 Å². The van der Waals surface area contributed by atoms with Gasteiger partial charge in [-0.2, -0.15) is 0 Å². The minimum atomic E-state index is -0.295. The van der Waals surface area contributed by atoms with E-state index in [9.17, 15) is 14.4 Å². The van der Waals surface area contributed by atoms with Gasteiger partial charge in [-0.15, -0.1) is 0 Å². The minimum absolute atomic E-state index is 0.0410. The van der Waals surface area contributed by atoms with Crippen molar-refractivity contribution in [3.05, 3.63) is 29.8 Å². The molecule has 4 rings (SSSR count). The average molecular weight is 369 g/mol. The number of carbonyl (C=O) groups is 3. The molecule has 2 saturated heterocycles. The van der Waals surface area contributed by atoms with Crippen LogP contribution in [0.3, 0.4) is 0 Å². The Morgan fingerprint density at radius 3 is 2.37 bits per heavy atom. The van der Waals surface area contributed by atoms with Gasteiger partial charge in [-0.25, -0.2) is 0 Å². The topological polar surface area (TPSA) is 60.9 Å². The summed E-state index contributed by atoms with van der Waals surface area (Å²) in [6.07, 6.45) is 4.74. The lowest BCUT2D eigenvalue weighted by atomic mass is 10.1. The summed E-state index contributed by atoms with van der Waals surface area (Å²) in [6.45, 7) is 3.66. The molecule has 0 unspecified atom stereocenters. The molecule has 1 aliphatic carbocycles. The largest absolute Gasteiger partial charge is 0.339 e. The zero-order valence-electron chi connectivity index (χ0n) is 15.9. The maximum atomic E-state index is 12.9. The Labute approximate surface area is 160 Å². The molecular formula is C21H27N3O3. The quantitative estimate of drug-likeness (QED) is 0.818. The van der Waals surface area contributed by atoms with E-state index < -0.39 is 0 Å². The first-order valence-electron chi connectivity index (χ1n) is 9.98. The molecule has 144 valence electrons. The lowest BCUT2D eigenvalue weighted by molar-refractivity contribution is -0.140. The maximum absolute atomic E-state index is 12.9. The van der Waals surface area contributed by atoms with Crippen LogP contribution in [0.15, 0.2) is 24.3 Å². The standard InChI is InChI=1S/C21H27N3O3/c1-15-6-8-18(9-7-15)23-11-10-22(14-20(23)26)21(27)16-12-19(25)24(13-16)17-4-2-3-5-17/h6-9,16-17H,2-5,10-14H2,1H3/t16-/m0/s1. The van der Waals surface area contributed by atoms with E-state index in [-0.39, 0.29) is 30.2 Å². The average Bonchev–Trinajstić information content (AvgIpc) is 3.31. The van der Waals surface area contributed by atoms with E-state index in [0.717, 1.165) is 24.1 Å². The first-order chi connectivity index (χ1) is 13.0. The molecule has 0 spiro atoms. The summed E-state index contributed by atoms with van der Waals surface area (Å²) in [4.78, 5) is 43.2. The molecule has 1 atom stereocenters. The van der Waals surface area contributed by atoms with E-state index in [2.05, 4.69) is 0 Å². The number of anilines is 1. The second kappa shape index (κ2) is 7.33. The van der Waals surface area contributed by atoms with E-state index in [1.165, 1.54) is 12.8 Å². The highest BCUT2D eigenvalue weighted by atomic mass is 16.2. The number of likely N-dealkylation sites (tertiary alicyclic amines) is 1. The summed E-state index contributed by atoms with van der Waals surface area (Å²) in [5.74, 6) is -0.294. The van der Waals surface area contributed by atoms with Gasteiger partial charge in [-0.3, -0.25) is 14.4 Å². The molecule has 2 heterocycles. The second-order valence-corrected chi connectivity index (χ2v) is 8.03. The van der Waals surface area contributed by atoms with E-state index >= 15 is 0 Å². The molecule has 6 heteroatoms. The number of rotatable bonds is 3. The molecule has 0 N–H and O–H groups in total. The van der Waals surface area contributed by atoms with Gasteiger partial charge in [0.25, 0.3) is 0 Å². The van der Waals surface area contributed by atoms with Crippen molar-refractivity contribution in [2.45, 2.75) is 45.1 Å². The predicted octanol–water partition coefficient (Wildman–Crippen LogP) is 1.96. The molecule has 3 fully saturated rings. The zero-order chi connectivity index (χ0) is 19.0. The molecule has 3 amide bonds. The normalized spacial score (nSPS) is 24.2. The number of nitrogens with zero attached hydrogens (tertiary/aromatic N) is 3. The molecule has 1 aromatic rings. The minimum Gasteiger partial charge on any atom is -0.339 e. The molecule has 1 saturated carbocycles. The first kappa shape index (κ1) is 18.0. The van der Waals surface area contributed by atoms with Gasteiger partial charge in [0.2, 0.25) is 17.7 Å². The fourth-order valence-corrected chi connectivity index (χ4v) is 4.58. The van der Waals surface area contributed by atoms with Gasteiger partial charge >= 0.3 is 0 Å². The van der Waals surface area contributed by atoms with Crippen LogP contribution in [-0.4, -0.2) is 59.7 Å². The summed E-state index contributed by atoms with van der Waals surface area (Å²) in [5.41, 5.74) is 2.03. The third-order valence-corrected chi connectivity index (χ3v) is 6.15. The Balaban J connectivity index is 1.37. The van der Waals surface area contributed by atoms with Crippen LogP contribution in [0.4, 0.5) is 5.69 Å². The van der Waals surface area contributed by atoms with Crippen molar-refractivity contribution in [1.29, 1.82) is 0 Å². The maximum Gasteiger partial charge on any atom is 0.246 e. The molecule has 27 heavy (non-hydrogen) atoms. The monoisotopic (exact) mass is 369 g/mol. The predicted molar refractivity (Wildman–Crippen MR) is 102 cm³/mol.